The molecule has 2 atom stereocenters. The van der Waals surface area contributed by atoms with Gasteiger partial charge in [-0.25, -0.2) is 8.42 Å². The van der Waals surface area contributed by atoms with Crippen molar-refractivity contribution in [2.75, 3.05) is 31.1 Å². The Morgan fingerprint density at radius 1 is 1.30 bits per heavy atom. The quantitative estimate of drug-likeness (QED) is 0.777. The van der Waals surface area contributed by atoms with Crippen molar-refractivity contribution in [3.63, 3.8) is 0 Å². The van der Waals surface area contributed by atoms with Gasteiger partial charge in [-0.3, -0.25) is 4.90 Å². The highest BCUT2D eigenvalue weighted by Gasteiger charge is 2.41. The van der Waals surface area contributed by atoms with Crippen LogP contribution in [0.3, 0.4) is 0 Å². The largest absolute Gasteiger partial charge is 0.309 e. The standard InChI is InChI=1S/C15H30N2O2S/c1-4-15(3)12-17(9-6-10-20(18,19)5-2)14(11-16-15)13-7-8-13/h13-14,16H,4-12H2,1-3H3. The Morgan fingerprint density at radius 3 is 2.55 bits per heavy atom. The predicted octanol–water partition coefficient (Wildman–Crippen LogP) is 1.66. The van der Waals surface area contributed by atoms with Crippen LogP contribution in [0.25, 0.3) is 0 Å². The van der Waals surface area contributed by atoms with Crippen LogP contribution in [0.2, 0.25) is 0 Å². The van der Waals surface area contributed by atoms with Gasteiger partial charge in [0.05, 0.1) is 5.75 Å². The molecule has 0 aromatic rings. The van der Waals surface area contributed by atoms with E-state index in [1.54, 1.807) is 6.92 Å². The third-order valence-corrected chi connectivity index (χ3v) is 6.84. The molecule has 20 heavy (non-hydrogen) atoms. The molecule has 1 N–H and O–H groups in total. The van der Waals surface area contributed by atoms with Crippen molar-refractivity contribution in [1.29, 1.82) is 0 Å². The van der Waals surface area contributed by atoms with Crippen molar-refractivity contribution >= 4 is 9.84 Å². The summed E-state index contributed by atoms with van der Waals surface area (Å²) in [5.41, 5.74) is 0.190. The molecule has 0 aromatic heterocycles. The van der Waals surface area contributed by atoms with Crippen molar-refractivity contribution in [1.82, 2.24) is 10.2 Å². The van der Waals surface area contributed by atoms with E-state index in [9.17, 15) is 8.42 Å². The number of nitrogens with one attached hydrogen (secondary N) is 1. The van der Waals surface area contributed by atoms with Gasteiger partial charge in [0.1, 0.15) is 9.84 Å². The van der Waals surface area contributed by atoms with E-state index < -0.39 is 9.84 Å². The molecule has 0 radical (unpaired) electrons. The molecule has 2 fully saturated rings. The van der Waals surface area contributed by atoms with Gasteiger partial charge in [-0.2, -0.15) is 0 Å². The molecule has 1 heterocycles. The minimum Gasteiger partial charge on any atom is -0.309 e. The number of sulfone groups is 1. The summed E-state index contributed by atoms with van der Waals surface area (Å²) >= 11 is 0. The van der Waals surface area contributed by atoms with E-state index in [1.165, 1.54) is 12.8 Å². The fraction of sp³-hybridized carbons (Fsp3) is 1.00. The van der Waals surface area contributed by atoms with Crippen molar-refractivity contribution in [2.24, 2.45) is 5.92 Å². The zero-order valence-corrected chi connectivity index (χ0v) is 14.0. The molecule has 1 saturated heterocycles. The highest BCUT2D eigenvalue weighted by atomic mass is 32.2. The van der Waals surface area contributed by atoms with Gasteiger partial charge < -0.3 is 5.32 Å². The van der Waals surface area contributed by atoms with Gasteiger partial charge in [0, 0.05) is 30.4 Å². The van der Waals surface area contributed by atoms with E-state index in [4.69, 9.17) is 0 Å². The van der Waals surface area contributed by atoms with Crippen LogP contribution in [0, 0.1) is 5.92 Å². The molecule has 2 aliphatic rings. The van der Waals surface area contributed by atoms with Crippen molar-refractivity contribution < 1.29 is 8.42 Å². The van der Waals surface area contributed by atoms with E-state index in [0.29, 0.717) is 11.8 Å². The van der Waals surface area contributed by atoms with Crippen LogP contribution in [0.1, 0.15) is 46.5 Å². The third-order valence-electron chi connectivity index (χ3n) is 5.05. The van der Waals surface area contributed by atoms with Crippen LogP contribution in [-0.4, -0.2) is 56.0 Å². The molecule has 2 unspecified atom stereocenters. The van der Waals surface area contributed by atoms with Crippen molar-refractivity contribution in [2.45, 2.75) is 58.0 Å². The zero-order chi connectivity index (χ0) is 14.8. The summed E-state index contributed by atoms with van der Waals surface area (Å²) in [7, 11) is -2.82. The molecule has 0 amide bonds. The minimum atomic E-state index is -2.82. The topological polar surface area (TPSA) is 49.4 Å². The first kappa shape index (κ1) is 16.2. The van der Waals surface area contributed by atoms with Crippen molar-refractivity contribution in [3.05, 3.63) is 0 Å². The van der Waals surface area contributed by atoms with Crippen LogP contribution < -0.4 is 5.32 Å². The Hall–Kier alpha value is -0.130. The van der Waals surface area contributed by atoms with E-state index in [0.717, 1.165) is 38.4 Å². The second kappa shape index (κ2) is 6.32. The molecule has 1 aliphatic heterocycles. The summed E-state index contributed by atoms with van der Waals surface area (Å²) in [4.78, 5) is 2.56. The lowest BCUT2D eigenvalue weighted by Gasteiger charge is -2.46. The normalized spacial score (nSPS) is 32.5. The van der Waals surface area contributed by atoms with Gasteiger partial charge in [-0.05, 0) is 45.1 Å². The first-order valence-corrected chi connectivity index (χ1v) is 9.91. The molecule has 1 saturated carbocycles. The lowest BCUT2D eigenvalue weighted by atomic mass is 9.92. The molecular formula is C15H30N2O2S. The predicted molar refractivity (Wildman–Crippen MR) is 83.7 cm³/mol. The van der Waals surface area contributed by atoms with Crippen LogP contribution in [0.15, 0.2) is 0 Å². The Morgan fingerprint density at radius 2 is 2.00 bits per heavy atom. The summed E-state index contributed by atoms with van der Waals surface area (Å²) in [5.74, 6) is 1.45. The van der Waals surface area contributed by atoms with Gasteiger partial charge in [-0.1, -0.05) is 13.8 Å². The number of nitrogens with zero attached hydrogens (tertiary/aromatic N) is 1. The molecular weight excluding hydrogens is 272 g/mol. The highest BCUT2D eigenvalue weighted by Crippen LogP contribution is 2.37. The first-order valence-electron chi connectivity index (χ1n) is 8.08. The number of piperazine rings is 1. The number of rotatable bonds is 7. The molecule has 4 nitrogen and oxygen atoms in total. The van der Waals surface area contributed by atoms with Gasteiger partial charge in [0.15, 0.2) is 0 Å². The Balaban J connectivity index is 1.90. The average Bonchev–Trinajstić information content (AvgIpc) is 3.23. The fourth-order valence-electron chi connectivity index (χ4n) is 3.16. The molecule has 0 spiro atoms. The van der Waals surface area contributed by atoms with Crippen LogP contribution in [-0.2, 0) is 9.84 Å². The van der Waals surface area contributed by atoms with Gasteiger partial charge in [0.25, 0.3) is 0 Å². The lowest BCUT2D eigenvalue weighted by Crippen LogP contribution is -2.63. The van der Waals surface area contributed by atoms with Gasteiger partial charge in [0.2, 0.25) is 0 Å². The molecule has 1 aliphatic carbocycles. The SMILES string of the molecule is CCC1(C)CN(CCCS(=O)(=O)CC)C(C2CC2)CN1. The summed E-state index contributed by atoms with van der Waals surface area (Å²) in [6.07, 6.45) is 4.59. The molecule has 0 aromatic carbocycles. The van der Waals surface area contributed by atoms with Crippen LogP contribution in [0.5, 0.6) is 0 Å². The molecule has 5 heteroatoms. The smallest absolute Gasteiger partial charge is 0.150 e. The Labute approximate surface area is 124 Å². The summed E-state index contributed by atoms with van der Waals surface area (Å²) in [6.45, 7) is 9.29. The first-order chi connectivity index (χ1) is 9.39. The molecule has 2 rings (SSSR count). The zero-order valence-electron chi connectivity index (χ0n) is 13.2. The average molecular weight is 302 g/mol. The van der Waals surface area contributed by atoms with Crippen LogP contribution >= 0.6 is 0 Å². The second-order valence-corrected chi connectivity index (χ2v) is 9.23. The van der Waals surface area contributed by atoms with Crippen LogP contribution in [0.4, 0.5) is 0 Å². The highest BCUT2D eigenvalue weighted by molar-refractivity contribution is 7.91. The summed E-state index contributed by atoms with van der Waals surface area (Å²) in [6, 6.07) is 0.624. The second-order valence-electron chi connectivity index (χ2n) is 6.76. The third kappa shape index (κ3) is 4.18. The number of hydrogen-bond acceptors (Lipinski definition) is 4. The molecule has 118 valence electrons. The molecule has 0 bridgehead atoms. The van der Waals surface area contributed by atoms with E-state index in [1.807, 2.05) is 0 Å². The summed E-state index contributed by atoms with van der Waals surface area (Å²) < 4.78 is 23.2. The monoisotopic (exact) mass is 302 g/mol. The maximum Gasteiger partial charge on any atom is 0.150 e. The van der Waals surface area contributed by atoms with Gasteiger partial charge in [-0.15, -0.1) is 0 Å². The van der Waals surface area contributed by atoms with Crippen molar-refractivity contribution in [3.8, 4) is 0 Å². The number of hydrogen-bond donors (Lipinski definition) is 1. The Kier molecular flexibility index (Phi) is 5.14. The van der Waals surface area contributed by atoms with Gasteiger partial charge >= 0.3 is 0 Å². The minimum absolute atomic E-state index is 0.190. The summed E-state index contributed by atoms with van der Waals surface area (Å²) in [5, 5.41) is 3.70. The van der Waals surface area contributed by atoms with E-state index in [2.05, 4.69) is 24.1 Å². The maximum atomic E-state index is 11.6. The van der Waals surface area contributed by atoms with E-state index in [-0.39, 0.29) is 11.3 Å². The maximum absolute atomic E-state index is 11.6. The Bertz CT molecular complexity index is 420. The van der Waals surface area contributed by atoms with E-state index >= 15 is 0 Å². The lowest BCUT2D eigenvalue weighted by molar-refractivity contribution is 0.0731. The fourth-order valence-corrected chi connectivity index (χ4v) is 4.02.